The molecule has 6 heteroatoms. The van der Waals surface area contributed by atoms with E-state index in [1.54, 1.807) is 4.68 Å². The molecule has 2 heterocycles. The normalized spacial score (nSPS) is 24.4. The lowest BCUT2D eigenvalue weighted by Crippen LogP contribution is -2.28. The second-order valence-electron chi connectivity index (χ2n) is 6.19. The molecule has 0 bridgehead atoms. The SMILES string of the molecule is Cc1nc([C@H]2C[C@@H](N)[C@H](O)C2)n(-c2ccc3ccccc3n2)n1. The van der Waals surface area contributed by atoms with Gasteiger partial charge < -0.3 is 10.8 Å². The molecule has 1 fully saturated rings. The van der Waals surface area contributed by atoms with Gasteiger partial charge in [-0.1, -0.05) is 18.2 Å². The third-order valence-electron chi connectivity index (χ3n) is 4.48. The summed E-state index contributed by atoms with van der Waals surface area (Å²) >= 11 is 0. The second kappa shape index (κ2) is 5.40. The van der Waals surface area contributed by atoms with Gasteiger partial charge in [0, 0.05) is 17.3 Å². The molecule has 1 aliphatic rings. The Bertz CT molecular complexity index is 849. The number of nitrogens with zero attached hydrogens (tertiary/aromatic N) is 4. The maximum Gasteiger partial charge on any atom is 0.156 e. The molecule has 2 aromatic heterocycles. The van der Waals surface area contributed by atoms with Crippen LogP contribution in [-0.4, -0.2) is 37.0 Å². The average molecular weight is 309 g/mol. The molecular formula is C17H19N5O. The average Bonchev–Trinajstić information content (AvgIpc) is 3.10. The van der Waals surface area contributed by atoms with Crippen LogP contribution in [0.25, 0.3) is 16.7 Å². The summed E-state index contributed by atoms with van der Waals surface area (Å²) in [6, 6.07) is 11.8. The summed E-state index contributed by atoms with van der Waals surface area (Å²) in [6.07, 6.45) is 0.856. The zero-order valence-electron chi connectivity index (χ0n) is 12.9. The number of hydrogen-bond donors (Lipinski definition) is 2. The molecular weight excluding hydrogens is 290 g/mol. The standard InChI is InChI=1S/C17H19N5O/c1-10-19-17(12-8-13(18)15(23)9-12)22(21-10)16-7-6-11-4-2-3-5-14(11)20-16/h2-7,12-13,15,23H,8-9,18H2,1H3/t12-,13+,15+/m0/s1. The lowest BCUT2D eigenvalue weighted by molar-refractivity contribution is 0.163. The number of benzene rings is 1. The van der Waals surface area contributed by atoms with Crippen molar-refractivity contribution in [3.63, 3.8) is 0 Å². The summed E-state index contributed by atoms with van der Waals surface area (Å²) < 4.78 is 1.79. The van der Waals surface area contributed by atoms with Gasteiger partial charge in [-0.25, -0.2) is 9.97 Å². The number of hydrogen-bond acceptors (Lipinski definition) is 5. The molecule has 3 aromatic rings. The van der Waals surface area contributed by atoms with Crippen molar-refractivity contribution < 1.29 is 5.11 Å². The highest BCUT2D eigenvalue weighted by Crippen LogP contribution is 2.33. The van der Waals surface area contributed by atoms with Crippen molar-refractivity contribution in [2.24, 2.45) is 5.73 Å². The molecule has 23 heavy (non-hydrogen) atoms. The fourth-order valence-corrected chi connectivity index (χ4v) is 3.30. The Morgan fingerprint density at radius 3 is 2.74 bits per heavy atom. The van der Waals surface area contributed by atoms with Crippen LogP contribution < -0.4 is 5.73 Å². The van der Waals surface area contributed by atoms with Crippen LogP contribution in [0, 0.1) is 6.92 Å². The summed E-state index contributed by atoms with van der Waals surface area (Å²) in [5.74, 6) is 2.38. The molecule has 0 saturated heterocycles. The molecule has 0 spiro atoms. The number of fused-ring (bicyclic) bond motifs is 1. The van der Waals surface area contributed by atoms with E-state index in [0.717, 1.165) is 22.5 Å². The molecule has 1 saturated carbocycles. The van der Waals surface area contributed by atoms with E-state index >= 15 is 0 Å². The highest BCUT2D eigenvalue weighted by atomic mass is 16.3. The van der Waals surface area contributed by atoms with E-state index in [0.29, 0.717) is 18.7 Å². The first-order chi connectivity index (χ1) is 11.1. The summed E-state index contributed by atoms with van der Waals surface area (Å²) in [4.78, 5) is 9.26. The lowest BCUT2D eigenvalue weighted by Gasteiger charge is -2.11. The van der Waals surface area contributed by atoms with Crippen molar-refractivity contribution in [3.8, 4) is 5.82 Å². The fraction of sp³-hybridized carbons (Fsp3) is 0.353. The van der Waals surface area contributed by atoms with Gasteiger partial charge in [0.05, 0.1) is 11.6 Å². The van der Waals surface area contributed by atoms with Gasteiger partial charge in [-0.05, 0) is 38.0 Å². The van der Waals surface area contributed by atoms with Crippen molar-refractivity contribution in [2.75, 3.05) is 0 Å². The van der Waals surface area contributed by atoms with E-state index in [1.807, 2.05) is 43.3 Å². The minimum Gasteiger partial charge on any atom is -0.391 e. The van der Waals surface area contributed by atoms with Crippen LogP contribution in [0.2, 0.25) is 0 Å². The number of aromatic nitrogens is 4. The quantitative estimate of drug-likeness (QED) is 0.752. The third-order valence-corrected chi connectivity index (χ3v) is 4.48. The van der Waals surface area contributed by atoms with Gasteiger partial charge in [0.1, 0.15) is 11.6 Å². The van der Waals surface area contributed by atoms with Crippen LogP contribution in [0.15, 0.2) is 36.4 Å². The summed E-state index contributed by atoms with van der Waals surface area (Å²) in [5, 5.41) is 15.5. The number of aryl methyl sites for hydroxylation is 1. The van der Waals surface area contributed by atoms with Crippen molar-refractivity contribution in [1.82, 2.24) is 19.7 Å². The van der Waals surface area contributed by atoms with Crippen LogP contribution in [-0.2, 0) is 0 Å². The Labute approximate surface area is 134 Å². The van der Waals surface area contributed by atoms with Gasteiger partial charge in [0.15, 0.2) is 5.82 Å². The zero-order valence-corrected chi connectivity index (χ0v) is 12.9. The number of para-hydroxylation sites is 1. The summed E-state index contributed by atoms with van der Waals surface area (Å²) in [6.45, 7) is 1.87. The maximum atomic E-state index is 9.94. The molecule has 0 radical (unpaired) electrons. The summed E-state index contributed by atoms with van der Waals surface area (Å²) in [5.41, 5.74) is 6.88. The van der Waals surface area contributed by atoms with E-state index in [1.165, 1.54) is 0 Å². The molecule has 0 unspecified atom stereocenters. The predicted molar refractivity (Wildman–Crippen MR) is 87.4 cm³/mol. The number of aliphatic hydroxyl groups excluding tert-OH is 1. The van der Waals surface area contributed by atoms with Crippen LogP contribution in [0.4, 0.5) is 0 Å². The number of aliphatic hydroxyl groups is 1. The third kappa shape index (κ3) is 2.50. The summed E-state index contributed by atoms with van der Waals surface area (Å²) in [7, 11) is 0. The molecule has 1 aromatic carbocycles. The van der Waals surface area contributed by atoms with E-state index in [2.05, 4.69) is 10.1 Å². The minimum absolute atomic E-state index is 0.106. The molecule has 1 aliphatic carbocycles. The maximum absolute atomic E-state index is 9.94. The highest BCUT2D eigenvalue weighted by molar-refractivity contribution is 5.79. The molecule has 3 atom stereocenters. The zero-order chi connectivity index (χ0) is 16.0. The number of pyridine rings is 1. The number of rotatable bonds is 2. The Hall–Kier alpha value is -2.31. The van der Waals surface area contributed by atoms with Crippen molar-refractivity contribution in [1.29, 1.82) is 0 Å². The highest BCUT2D eigenvalue weighted by Gasteiger charge is 2.34. The van der Waals surface area contributed by atoms with Crippen molar-refractivity contribution in [3.05, 3.63) is 48.0 Å². The first-order valence-electron chi connectivity index (χ1n) is 7.85. The molecule has 0 amide bonds. The first kappa shape index (κ1) is 14.3. The Morgan fingerprint density at radius 2 is 1.96 bits per heavy atom. The minimum atomic E-state index is -0.477. The predicted octanol–water partition coefficient (Wildman–Crippen LogP) is 1.69. The van der Waals surface area contributed by atoms with E-state index in [-0.39, 0.29) is 12.0 Å². The number of nitrogens with two attached hydrogens (primary N) is 1. The van der Waals surface area contributed by atoms with Gasteiger partial charge in [-0.2, -0.15) is 4.68 Å². The van der Waals surface area contributed by atoms with Crippen molar-refractivity contribution in [2.45, 2.75) is 37.8 Å². The van der Waals surface area contributed by atoms with Gasteiger partial charge in [-0.3, -0.25) is 0 Å². The van der Waals surface area contributed by atoms with Crippen LogP contribution >= 0.6 is 0 Å². The van der Waals surface area contributed by atoms with E-state index in [9.17, 15) is 5.11 Å². The molecule has 6 nitrogen and oxygen atoms in total. The second-order valence-corrected chi connectivity index (χ2v) is 6.19. The fourth-order valence-electron chi connectivity index (χ4n) is 3.30. The lowest BCUT2D eigenvalue weighted by atomic mass is 10.1. The van der Waals surface area contributed by atoms with E-state index < -0.39 is 6.10 Å². The molecule has 118 valence electrons. The topological polar surface area (TPSA) is 89.8 Å². The Balaban J connectivity index is 1.79. The van der Waals surface area contributed by atoms with Crippen LogP contribution in [0.1, 0.15) is 30.4 Å². The van der Waals surface area contributed by atoms with Crippen molar-refractivity contribution >= 4 is 10.9 Å². The smallest absolute Gasteiger partial charge is 0.156 e. The van der Waals surface area contributed by atoms with Crippen LogP contribution in [0.5, 0.6) is 0 Å². The monoisotopic (exact) mass is 309 g/mol. The van der Waals surface area contributed by atoms with E-state index in [4.69, 9.17) is 10.7 Å². The van der Waals surface area contributed by atoms with Gasteiger partial charge in [-0.15, -0.1) is 5.10 Å². The Kier molecular flexibility index (Phi) is 3.36. The van der Waals surface area contributed by atoms with Crippen LogP contribution in [0.3, 0.4) is 0 Å². The largest absolute Gasteiger partial charge is 0.391 e. The first-order valence-corrected chi connectivity index (χ1v) is 7.85. The molecule has 3 N–H and O–H groups in total. The molecule has 4 rings (SSSR count). The van der Waals surface area contributed by atoms with Gasteiger partial charge in [0.2, 0.25) is 0 Å². The van der Waals surface area contributed by atoms with Gasteiger partial charge >= 0.3 is 0 Å². The molecule has 0 aliphatic heterocycles. The van der Waals surface area contributed by atoms with Gasteiger partial charge in [0.25, 0.3) is 0 Å². The Morgan fingerprint density at radius 1 is 1.13 bits per heavy atom.